The molecule has 1 aromatic heterocycles. The van der Waals surface area contributed by atoms with Crippen molar-refractivity contribution in [1.29, 1.82) is 0 Å². The van der Waals surface area contributed by atoms with Gasteiger partial charge in [0.15, 0.2) is 11.5 Å². The standard InChI is InChI=1S/C16H11F3N2O2/c1-9-20-13-7-6-10(8-14(13)23-9)15(22)21-12-5-3-2-4-11(12)16(17,18)19/h2-8H,1H3,(H,21,22). The number of fused-ring (bicyclic) bond motifs is 1. The molecule has 2 aromatic carbocycles. The summed E-state index contributed by atoms with van der Waals surface area (Å²) in [4.78, 5) is 16.3. The van der Waals surface area contributed by atoms with Gasteiger partial charge in [0, 0.05) is 12.5 Å². The Balaban J connectivity index is 1.92. The fourth-order valence-electron chi connectivity index (χ4n) is 2.21. The Morgan fingerprint density at radius 1 is 1.17 bits per heavy atom. The number of hydrogen-bond acceptors (Lipinski definition) is 3. The Morgan fingerprint density at radius 2 is 1.91 bits per heavy atom. The number of benzene rings is 2. The summed E-state index contributed by atoms with van der Waals surface area (Å²) in [6.45, 7) is 1.67. The predicted octanol–water partition coefficient (Wildman–Crippen LogP) is 4.41. The van der Waals surface area contributed by atoms with E-state index in [9.17, 15) is 18.0 Å². The summed E-state index contributed by atoms with van der Waals surface area (Å²) in [7, 11) is 0. The van der Waals surface area contributed by atoms with Crippen LogP contribution in [0.3, 0.4) is 0 Å². The second-order valence-corrected chi connectivity index (χ2v) is 4.91. The van der Waals surface area contributed by atoms with Crippen molar-refractivity contribution < 1.29 is 22.4 Å². The van der Waals surface area contributed by atoms with Crippen molar-refractivity contribution >= 4 is 22.7 Å². The number of rotatable bonds is 2. The monoisotopic (exact) mass is 320 g/mol. The zero-order chi connectivity index (χ0) is 16.6. The number of amides is 1. The minimum Gasteiger partial charge on any atom is -0.441 e. The van der Waals surface area contributed by atoms with Gasteiger partial charge in [-0.3, -0.25) is 4.79 Å². The van der Waals surface area contributed by atoms with Crippen molar-refractivity contribution in [2.75, 3.05) is 5.32 Å². The zero-order valence-electron chi connectivity index (χ0n) is 11.9. The fraction of sp³-hybridized carbons (Fsp3) is 0.125. The van der Waals surface area contributed by atoms with Gasteiger partial charge in [-0.1, -0.05) is 12.1 Å². The SMILES string of the molecule is Cc1nc2ccc(C(=O)Nc3ccccc3C(F)(F)F)cc2o1. The molecule has 0 radical (unpaired) electrons. The third-order valence-corrected chi connectivity index (χ3v) is 3.24. The van der Waals surface area contributed by atoms with E-state index in [2.05, 4.69) is 10.3 Å². The summed E-state index contributed by atoms with van der Waals surface area (Å²) in [5, 5.41) is 2.28. The summed E-state index contributed by atoms with van der Waals surface area (Å²) in [6, 6.07) is 9.32. The van der Waals surface area contributed by atoms with Crippen LogP contribution in [0.4, 0.5) is 18.9 Å². The molecule has 1 heterocycles. The van der Waals surface area contributed by atoms with E-state index in [1.54, 1.807) is 13.0 Å². The maximum atomic E-state index is 12.9. The first kappa shape index (κ1) is 15.1. The maximum Gasteiger partial charge on any atom is 0.418 e. The van der Waals surface area contributed by atoms with Gasteiger partial charge >= 0.3 is 6.18 Å². The molecular weight excluding hydrogens is 309 g/mol. The van der Waals surface area contributed by atoms with Crippen LogP contribution in [0.1, 0.15) is 21.8 Å². The molecule has 0 spiro atoms. The number of nitrogens with one attached hydrogen (secondary N) is 1. The number of aromatic nitrogens is 1. The molecule has 0 unspecified atom stereocenters. The normalized spacial score (nSPS) is 11.7. The molecule has 23 heavy (non-hydrogen) atoms. The number of halogens is 3. The molecule has 3 rings (SSSR count). The summed E-state index contributed by atoms with van der Waals surface area (Å²) < 4.78 is 44.1. The van der Waals surface area contributed by atoms with Crippen molar-refractivity contribution in [1.82, 2.24) is 4.98 Å². The van der Waals surface area contributed by atoms with Crippen LogP contribution in [0.5, 0.6) is 0 Å². The van der Waals surface area contributed by atoms with Crippen molar-refractivity contribution in [3.05, 3.63) is 59.5 Å². The van der Waals surface area contributed by atoms with Crippen LogP contribution in [-0.4, -0.2) is 10.9 Å². The number of carbonyl (C=O) groups is 1. The van der Waals surface area contributed by atoms with Crippen LogP contribution >= 0.6 is 0 Å². The lowest BCUT2D eigenvalue weighted by molar-refractivity contribution is -0.136. The van der Waals surface area contributed by atoms with E-state index in [4.69, 9.17) is 4.42 Å². The van der Waals surface area contributed by atoms with Crippen LogP contribution in [0.2, 0.25) is 0 Å². The van der Waals surface area contributed by atoms with Gasteiger partial charge in [-0.05, 0) is 30.3 Å². The minimum atomic E-state index is -4.55. The Hall–Kier alpha value is -2.83. The highest BCUT2D eigenvalue weighted by molar-refractivity contribution is 6.06. The lowest BCUT2D eigenvalue weighted by Gasteiger charge is -2.13. The van der Waals surface area contributed by atoms with E-state index < -0.39 is 17.6 Å². The van der Waals surface area contributed by atoms with Crippen LogP contribution in [0, 0.1) is 6.92 Å². The lowest BCUT2D eigenvalue weighted by Crippen LogP contribution is -2.16. The largest absolute Gasteiger partial charge is 0.441 e. The van der Waals surface area contributed by atoms with Gasteiger partial charge in [-0.25, -0.2) is 4.98 Å². The molecule has 1 N–H and O–H groups in total. The molecule has 0 atom stereocenters. The highest BCUT2D eigenvalue weighted by Crippen LogP contribution is 2.34. The van der Waals surface area contributed by atoms with E-state index in [0.29, 0.717) is 17.0 Å². The zero-order valence-corrected chi connectivity index (χ0v) is 11.9. The Bertz CT molecular complexity index is 884. The van der Waals surface area contributed by atoms with Gasteiger partial charge < -0.3 is 9.73 Å². The molecule has 7 heteroatoms. The smallest absolute Gasteiger partial charge is 0.418 e. The summed E-state index contributed by atoms with van der Waals surface area (Å²) in [6.07, 6.45) is -4.55. The third-order valence-electron chi connectivity index (χ3n) is 3.24. The fourth-order valence-corrected chi connectivity index (χ4v) is 2.21. The van der Waals surface area contributed by atoms with Gasteiger partial charge in [0.1, 0.15) is 5.52 Å². The van der Waals surface area contributed by atoms with Crippen LogP contribution < -0.4 is 5.32 Å². The van der Waals surface area contributed by atoms with Gasteiger partial charge in [-0.15, -0.1) is 0 Å². The number of nitrogens with zero attached hydrogens (tertiary/aromatic N) is 1. The predicted molar refractivity (Wildman–Crippen MR) is 78.1 cm³/mol. The van der Waals surface area contributed by atoms with Crippen molar-refractivity contribution in [2.24, 2.45) is 0 Å². The summed E-state index contributed by atoms with van der Waals surface area (Å²) in [5.41, 5.74) is -0.0246. The molecular formula is C16H11F3N2O2. The van der Waals surface area contributed by atoms with Crippen molar-refractivity contribution in [3.8, 4) is 0 Å². The lowest BCUT2D eigenvalue weighted by atomic mass is 10.1. The molecule has 0 bridgehead atoms. The van der Waals surface area contributed by atoms with Crippen molar-refractivity contribution in [2.45, 2.75) is 13.1 Å². The second-order valence-electron chi connectivity index (χ2n) is 4.91. The molecule has 0 saturated heterocycles. The van der Waals surface area contributed by atoms with Gasteiger partial charge in [0.2, 0.25) is 0 Å². The first-order chi connectivity index (χ1) is 10.8. The van der Waals surface area contributed by atoms with Crippen molar-refractivity contribution in [3.63, 3.8) is 0 Å². The van der Waals surface area contributed by atoms with Gasteiger partial charge in [-0.2, -0.15) is 13.2 Å². The highest BCUT2D eigenvalue weighted by atomic mass is 19.4. The molecule has 1 amide bonds. The third kappa shape index (κ3) is 3.03. The van der Waals surface area contributed by atoms with E-state index >= 15 is 0 Å². The maximum absolute atomic E-state index is 12.9. The molecule has 0 aliphatic carbocycles. The number of oxazole rings is 1. The number of aryl methyl sites for hydroxylation is 1. The van der Waals surface area contributed by atoms with E-state index in [1.807, 2.05) is 0 Å². The number of para-hydroxylation sites is 1. The van der Waals surface area contributed by atoms with E-state index in [-0.39, 0.29) is 11.3 Å². The Morgan fingerprint density at radius 3 is 2.65 bits per heavy atom. The quantitative estimate of drug-likeness (QED) is 0.761. The number of anilines is 1. The Kier molecular flexibility index (Phi) is 3.55. The number of alkyl halides is 3. The molecule has 3 aromatic rings. The Labute approximate surface area is 128 Å². The summed E-state index contributed by atoms with van der Waals surface area (Å²) in [5.74, 6) is -0.211. The average Bonchev–Trinajstić information content (AvgIpc) is 2.85. The first-order valence-electron chi connectivity index (χ1n) is 6.69. The van der Waals surface area contributed by atoms with Gasteiger partial charge in [0.25, 0.3) is 5.91 Å². The molecule has 0 aliphatic heterocycles. The van der Waals surface area contributed by atoms with E-state index in [0.717, 1.165) is 6.07 Å². The second kappa shape index (κ2) is 5.42. The molecule has 0 saturated carbocycles. The van der Waals surface area contributed by atoms with Crippen LogP contribution in [0.25, 0.3) is 11.1 Å². The van der Waals surface area contributed by atoms with Crippen LogP contribution in [-0.2, 0) is 6.18 Å². The molecule has 118 valence electrons. The minimum absolute atomic E-state index is 0.186. The van der Waals surface area contributed by atoms with Gasteiger partial charge in [0.05, 0.1) is 11.3 Å². The first-order valence-corrected chi connectivity index (χ1v) is 6.69. The average molecular weight is 320 g/mol. The summed E-state index contributed by atoms with van der Waals surface area (Å²) >= 11 is 0. The number of carbonyl (C=O) groups excluding carboxylic acids is 1. The number of hydrogen-bond donors (Lipinski definition) is 1. The molecule has 0 aliphatic rings. The molecule has 4 nitrogen and oxygen atoms in total. The van der Waals surface area contributed by atoms with Crippen LogP contribution in [0.15, 0.2) is 46.9 Å². The highest BCUT2D eigenvalue weighted by Gasteiger charge is 2.33. The topological polar surface area (TPSA) is 55.1 Å². The van der Waals surface area contributed by atoms with E-state index in [1.165, 1.54) is 30.3 Å². The molecule has 0 fully saturated rings.